The molecule has 0 spiro atoms. The van der Waals surface area contributed by atoms with Crippen LogP contribution in [0.1, 0.15) is 30.6 Å². The molecule has 0 fully saturated rings. The number of nitrogens with one attached hydrogen (secondary N) is 1. The van der Waals surface area contributed by atoms with E-state index in [9.17, 15) is 9.59 Å². The summed E-state index contributed by atoms with van der Waals surface area (Å²) in [6, 6.07) is 5.59. The van der Waals surface area contributed by atoms with Crippen LogP contribution in [0.15, 0.2) is 36.9 Å². The van der Waals surface area contributed by atoms with Crippen LogP contribution in [-0.2, 0) is 4.79 Å². The van der Waals surface area contributed by atoms with Crippen molar-refractivity contribution in [1.82, 2.24) is 5.32 Å². The van der Waals surface area contributed by atoms with Gasteiger partial charge in [-0.3, -0.25) is 4.79 Å². The van der Waals surface area contributed by atoms with Gasteiger partial charge in [-0.1, -0.05) is 6.08 Å². The van der Waals surface area contributed by atoms with E-state index in [-0.39, 0.29) is 12.5 Å². The highest BCUT2D eigenvalue weighted by Gasteiger charge is 2.19. The second kappa shape index (κ2) is 7.33. The summed E-state index contributed by atoms with van der Waals surface area (Å²) in [6.07, 6.45) is 1.69. The molecule has 0 aromatic heterocycles. The molecule has 2 N–H and O–H groups in total. The van der Waals surface area contributed by atoms with Crippen molar-refractivity contribution in [2.45, 2.75) is 32.4 Å². The molecule has 1 unspecified atom stereocenters. The van der Waals surface area contributed by atoms with E-state index in [2.05, 4.69) is 11.9 Å². The van der Waals surface area contributed by atoms with Gasteiger partial charge in [0.05, 0.1) is 6.10 Å². The minimum atomic E-state index is -1.09. The number of amides is 1. The Labute approximate surface area is 118 Å². The minimum Gasteiger partial charge on any atom is -0.491 e. The van der Waals surface area contributed by atoms with E-state index in [0.29, 0.717) is 11.3 Å². The Morgan fingerprint density at radius 3 is 2.40 bits per heavy atom. The van der Waals surface area contributed by atoms with E-state index in [1.165, 1.54) is 6.08 Å². The topological polar surface area (TPSA) is 75.6 Å². The maximum Gasteiger partial charge on any atom is 0.326 e. The third-order valence-corrected chi connectivity index (χ3v) is 2.49. The third kappa shape index (κ3) is 4.76. The Bertz CT molecular complexity index is 479. The summed E-state index contributed by atoms with van der Waals surface area (Å²) >= 11 is 0. The van der Waals surface area contributed by atoms with Crippen LogP contribution in [0.3, 0.4) is 0 Å². The summed E-state index contributed by atoms with van der Waals surface area (Å²) in [5, 5.41) is 11.4. The van der Waals surface area contributed by atoms with Crippen LogP contribution < -0.4 is 10.1 Å². The number of hydrogen-bond donors (Lipinski definition) is 2. The van der Waals surface area contributed by atoms with E-state index in [1.54, 1.807) is 24.3 Å². The molecule has 5 heteroatoms. The van der Waals surface area contributed by atoms with E-state index >= 15 is 0 Å². The highest BCUT2D eigenvalue weighted by molar-refractivity contribution is 5.96. The first kappa shape index (κ1) is 15.8. The van der Waals surface area contributed by atoms with Crippen LogP contribution in [0.25, 0.3) is 0 Å². The van der Waals surface area contributed by atoms with Gasteiger partial charge < -0.3 is 15.2 Å². The van der Waals surface area contributed by atoms with Crippen molar-refractivity contribution in [2.24, 2.45) is 0 Å². The number of carboxylic acids is 1. The number of aliphatic carboxylic acids is 1. The normalized spacial score (nSPS) is 11.8. The molecule has 1 aromatic carbocycles. The van der Waals surface area contributed by atoms with Gasteiger partial charge in [0.25, 0.3) is 5.91 Å². The molecule has 20 heavy (non-hydrogen) atoms. The molecule has 1 aromatic rings. The highest BCUT2D eigenvalue weighted by atomic mass is 16.5. The van der Waals surface area contributed by atoms with Crippen LogP contribution in [0.4, 0.5) is 0 Å². The first-order valence-corrected chi connectivity index (χ1v) is 6.35. The van der Waals surface area contributed by atoms with Gasteiger partial charge in [0.15, 0.2) is 0 Å². The van der Waals surface area contributed by atoms with Gasteiger partial charge in [0, 0.05) is 5.56 Å². The Hall–Kier alpha value is -2.30. The van der Waals surface area contributed by atoms with Crippen molar-refractivity contribution in [2.75, 3.05) is 0 Å². The number of ether oxygens (including phenoxy) is 1. The quantitative estimate of drug-likeness (QED) is 0.749. The Balaban J connectivity index is 2.71. The predicted octanol–water partition coefficient (Wildman–Crippen LogP) is 2.23. The summed E-state index contributed by atoms with van der Waals surface area (Å²) < 4.78 is 5.47. The van der Waals surface area contributed by atoms with Crippen molar-refractivity contribution in [3.63, 3.8) is 0 Å². The second-order valence-electron chi connectivity index (χ2n) is 4.58. The lowest BCUT2D eigenvalue weighted by molar-refractivity contribution is -0.139. The molecule has 0 bridgehead atoms. The molecular weight excluding hydrogens is 258 g/mol. The first-order chi connectivity index (χ1) is 9.43. The second-order valence-corrected chi connectivity index (χ2v) is 4.58. The Kier molecular flexibility index (Phi) is 5.77. The Morgan fingerprint density at radius 1 is 1.35 bits per heavy atom. The van der Waals surface area contributed by atoms with Crippen molar-refractivity contribution < 1.29 is 19.4 Å². The van der Waals surface area contributed by atoms with Crippen molar-refractivity contribution >= 4 is 11.9 Å². The van der Waals surface area contributed by atoms with Gasteiger partial charge in [0.2, 0.25) is 0 Å². The lowest BCUT2D eigenvalue weighted by Crippen LogP contribution is -2.40. The molecule has 0 heterocycles. The average Bonchev–Trinajstić information content (AvgIpc) is 2.38. The standard InChI is InChI=1S/C15H19NO4/c1-4-5-13(15(18)19)16-14(17)11-6-8-12(9-7-11)20-10(2)3/h4,6-10,13H,1,5H2,2-3H3,(H,16,17)(H,18,19). The molecule has 0 saturated carbocycles. The molecule has 0 saturated heterocycles. The molecule has 0 aliphatic rings. The van der Waals surface area contributed by atoms with Gasteiger partial charge in [-0.2, -0.15) is 0 Å². The third-order valence-electron chi connectivity index (χ3n) is 2.49. The van der Waals surface area contributed by atoms with E-state index in [0.717, 1.165) is 0 Å². The maximum absolute atomic E-state index is 11.9. The SMILES string of the molecule is C=CCC(NC(=O)c1ccc(OC(C)C)cc1)C(=O)O. The highest BCUT2D eigenvalue weighted by Crippen LogP contribution is 2.14. The zero-order valence-corrected chi connectivity index (χ0v) is 11.6. The fourth-order valence-electron chi connectivity index (χ4n) is 1.59. The fraction of sp³-hybridized carbons (Fsp3) is 0.333. The van der Waals surface area contributed by atoms with Crippen LogP contribution in [0.2, 0.25) is 0 Å². The molecule has 5 nitrogen and oxygen atoms in total. The number of carboxylic acid groups (broad SMARTS) is 1. The number of benzene rings is 1. The van der Waals surface area contributed by atoms with Crippen molar-refractivity contribution in [3.05, 3.63) is 42.5 Å². The molecular formula is C15H19NO4. The van der Waals surface area contributed by atoms with E-state index < -0.39 is 17.9 Å². The summed E-state index contributed by atoms with van der Waals surface area (Å²) in [4.78, 5) is 22.9. The molecule has 108 valence electrons. The zero-order chi connectivity index (χ0) is 15.1. The molecule has 0 aliphatic heterocycles. The lowest BCUT2D eigenvalue weighted by atomic mass is 10.1. The lowest BCUT2D eigenvalue weighted by Gasteiger charge is -2.13. The summed E-state index contributed by atoms with van der Waals surface area (Å²) in [5.41, 5.74) is 0.386. The van der Waals surface area contributed by atoms with Gasteiger partial charge in [-0.15, -0.1) is 6.58 Å². The summed E-state index contributed by atoms with van der Waals surface area (Å²) in [5.74, 6) is -0.856. The van der Waals surface area contributed by atoms with Gasteiger partial charge in [0.1, 0.15) is 11.8 Å². The van der Waals surface area contributed by atoms with Crippen LogP contribution in [0.5, 0.6) is 5.75 Å². The maximum atomic E-state index is 11.9. The Morgan fingerprint density at radius 2 is 1.95 bits per heavy atom. The molecule has 1 amide bonds. The van der Waals surface area contributed by atoms with Gasteiger partial charge in [-0.25, -0.2) is 4.79 Å². The number of carbonyl (C=O) groups is 2. The molecule has 1 atom stereocenters. The largest absolute Gasteiger partial charge is 0.491 e. The fourth-order valence-corrected chi connectivity index (χ4v) is 1.59. The molecule has 1 rings (SSSR count). The van der Waals surface area contributed by atoms with Crippen molar-refractivity contribution in [3.8, 4) is 5.75 Å². The number of hydrogen-bond acceptors (Lipinski definition) is 3. The van der Waals surface area contributed by atoms with Crippen LogP contribution in [-0.4, -0.2) is 29.1 Å². The van der Waals surface area contributed by atoms with Crippen LogP contribution in [0, 0.1) is 0 Å². The van der Waals surface area contributed by atoms with E-state index in [1.807, 2.05) is 13.8 Å². The first-order valence-electron chi connectivity index (χ1n) is 6.35. The van der Waals surface area contributed by atoms with Gasteiger partial charge >= 0.3 is 5.97 Å². The smallest absolute Gasteiger partial charge is 0.326 e. The van der Waals surface area contributed by atoms with E-state index in [4.69, 9.17) is 9.84 Å². The number of rotatable bonds is 7. The summed E-state index contributed by atoms with van der Waals surface area (Å²) in [6.45, 7) is 7.29. The molecule has 0 aliphatic carbocycles. The van der Waals surface area contributed by atoms with Crippen molar-refractivity contribution in [1.29, 1.82) is 0 Å². The number of carbonyl (C=O) groups excluding carboxylic acids is 1. The minimum absolute atomic E-state index is 0.0543. The zero-order valence-electron chi connectivity index (χ0n) is 11.6. The summed E-state index contributed by atoms with van der Waals surface area (Å²) in [7, 11) is 0. The van der Waals surface area contributed by atoms with Gasteiger partial charge in [-0.05, 0) is 44.5 Å². The molecule has 0 radical (unpaired) electrons. The predicted molar refractivity (Wildman–Crippen MR) is 75.9 cm³/mol. The monoisotopic (exact) mass is 277 g/mol. The van der Waals surface area contributed by atoms with Crippen LogP contribution >= 0.6 is 0 Å². The average molecular weight is 277 g/mol.